The molecule has 0 N–H and O–H groups in total. The highest BCUT2D eigenvalue weighted by Crippen LogP contribution is 2.45. The van der Waals surface area contributed by atoms with E-state index >= 15 is 0 Å². The maximum atomic E-state index is 14.1. The number of hydrogen-bond donors (Lipinski definition) is 0. The maximum Gasteiger partial charge on any atom is 0.297 e. The van der Waals surface area contributed by atoms with Crippen LogP contribution in [0.4, 0.5) is 5.13 Å². The summed E-state index contributed by atoms with van der Waals surface area (Å²) in [7, 11) is 0. The summed E-state index contributed by atoms with van der Waals surface area (Å²) in [4.78, 5) is 46.9. The number of anilines is 1. The Balaban J connectivity index is 1.71. The molecular formula is C32H34N2O6S. The van der Waals surface area contributed by atoms with Crippen molar-refractivity contribution in [1.29, 1.82) is 0 Å². The first-order chi connectivity index (χ1) is 19.7. The van der Waals surface area contributed by atoms with E-state index in [0.717, 1.165) is 41.7 Å². The third kappa shape index (κ3) is 5.14. The van der Waals surface area contributed by atoms with Crippen molar-refractivity contribution >= 4 is 39.1 Å². The lowest BCUT2D eigenvalue weighted by atomic mass is 9.97. The summed E-state index contributed by atoms with van der Waals surface area (Å²) in [5.74, 6) is 0.484. The largest absolute Gasteiger partial charge is 0.490 e. The molecule has 0 radical (unpaired) electrons. The Hall–Kier alpha value is -3.98. The van der Waals surface area contributed by atoms with Gasteiger partial charge in [0.1, 0.15) is 5.58 Å². The monoisotopic (exact) mass is 574 g/mol. The molecule has 4 aromatic rings. The number of unbranched alkanes of at least 4 members (excludes halogenated alkanes) is 2. The third-order valence-corrected chi connectivity index (χ3v) is 8.64. The molecule has 5 rings (SSSR count). The molecule has 0 saturated heterocycles. The molecule has 2 aromatic heterocycles. The second kappa shape index (κ2) is 11.5. The first-order valence-corrected chi connectivity index (χ1v) is 14.8. The number of fused-ring (bicyclic) bond motifs is 2. The van der Waals surface area contributed by atoms with Crippen molar-refractivity contribution in [3.8, 4) is 11.5 Å². The number of benzene rings is 2. The van der Waals surface area contributed by atoms with E-state index in [1.807, 2.05) is 39.0 Å². The van der Waals surface area contributed by atoms with Crippen LogP contribution in [-0.4, -0.2) is 29.9 Å². The molecule has 0 aliphatic carbocycles. The Morgan fingerprint density at radius 1 is 1.02 bits per heavy atom. The van der Waals surface area contributed by atoms with E-state index in [1.54, 1.807) is 19.1 Å². The van der Waals surface area contributed by atoms with Crippen molar-refractivity contribution in [1.82, 2.24) is 4.98 Å². The van der Waals surface area contributed by atoms with E-state index in [4.69, 9.17) is 13.9 Å². The minimum Gasteiger partial charge on any atom is -0.490 e. The van der Waals surface area contributed by atoms with Gasteiger partial charge >= 0.3 is 0 Å². The maximum absolute atomic E-state index is 14.1. The fourth-order valence-electron chi connectivity index (χ4n) is 5.17. The van der Waals surface area contributed by atoms with Gasteiger partial charge in [-0.25, -0.2) is 4.98 Å². The van der Waals surface area contributed by atoms with Gasteiger partial charge in [0.05, 0.1) is 40.8 Å². The van der Waals surface area contributed by atoms with Crippen molar-refractivity contribution in [2.45, 2.75) is 66.8 Å². The number of rotatable bonds is 10. The van der Waals surface area contributed by atoms with Crippen LogP contribution < -0.4 is 19.8 Å². The number of thiazole rings is 1. The Kier molecular flexibility index (Phi) is 8.00. The van der Waals surface area contributed by atoms with Crippen LogP contribution in [0, 0.1) is 20.8 Å². The van der Waals surface area contributed by atoms with Gasteiger partial charge in [-0.05, 0) is 75.1 Å². The SMILES string of the molecule is CCCCCOc1ccc(C2c3c(oc4cc(C)c(C)cc4c3=O)C(=O)N2c2nc(C)c(C(C)=O)s2)cc1OCC. The molecule has 1 aliphatic rings. The highest BCUT2D eigenvalue weighted by Gasteiger charge is 2.45. The molecule has 8 nitrogen and oxygen atoms in total. The molecule has 0 bridgehead atoms. The minimum absolute atomic E-state index is 0.0224. The lowest BCUT2D eigenvalue weighted by Gasteiger charge is -2.23. The molecule has 1 aliphatic heterocycles. The number of ketones is 1. The van der Waals surface area contributed by atoms with Crippen molar-refractivity contribution in [3.05, 3.63) is 79.1 Å². The van der Waals surface area contributed by atoms with Crippen molar-refractivity contribution in [3.63, 3.8) is 0 Å². The van der Waals surface area contributed by atoms with Crippen LogP contribution in [0.2, 0.25) is 0 Å². The summed E-state index contributed by atoms with van der Waals surface area (Å²) in [6, 6.07) is 8.23. The lowest BCUT2D eigenvalue weighted by Crippen LogP contribution is -2.29. The summed E-state index contributed by atoms with van der Waals surface area (Å²) >= 11 is 1.13. The van der Waals surface area contributed by atoms with Crippen molar-refractivity contribution in [2.75, 3.05) is 18.1 Å². The molecule has 1 amide bonds. The average molecular weight is 575 g/mol. The molecule has 0 fully saturated rings. The Morgan fingerprint density at radius 2 is 1.78 bits per heavy atom. The first kappa shape index (κ1) is 28.5. The van der Waals surface area contributed by atoms with Crippen LogP contribution in [-0.2, 0) is 0 Å². The zero-order valence-electron chi connectivity index (χ0n) is 24.3. The summed E-state index contributed by atoms with van der Waals surface area (Å²) in [5, 5.41) is 0.731. The topological polar surface area (TPSA) is 98.9 Å². The fraction of sp³-hybridized carbons (Fsp3) is 0.375. The second-order valence-electron chi connectivity index (χ2n) is 10.3. The summed E-state index contributed by atoms with van der Waals surface area (Å²) in [5.41, 5.74) is 3.40. The molecule has 9 heteroatoms. The van der Waals surface area contributed by atoms with E-state index in [1.165, 1.54) is 11.8 Å². The standard InChI is InChI=1S/C32H34N2O6S/c1-7-9-10-13-39-23-12-11-21(16-25(23)38-8-2)27-26-28(36)22-14-17(3)18(4)15-24(22)40-29(26)31(37)34(27)32-33-19(5)30(41-32)20(6)35/h11-12,14-16,27H,7-10,13H2,1-6H3. The molecule has 2 aromatic carbocycles. The normalized spacial score (nSPS) is 14.5. The van der Waals surface area contributed by atoms with E-state index in [9.17, 15) is 14.4 Å². The van der Waals surface area contributed by atoms with Crippen molar-refractivity contribution in [2.24, 2.45) is 0 Å². The van der Waals surface area contributed by atoms with Gasteiger partial charge in [-0.2, -0.15) is 0 Å². The van der Waals surface area contributed by atoms with Crippen LogP contribution in [0.15, 0.2) is 39.5 Å². The van der Waals surface area contributed by atoms with Gasteiger partial charge in [-0.15, -0.1) is 0 Å². The number of ether oxygens (including phenoxy) is 2. The number of aromatic nitrogens is 1. The molecule has 1 unspecified atom stereocenters. The Bertz CT molecular complexity index is 1720. The minimum atomic E-state index is -0.835. The van der Waals surface area contributed by atoms with Gasteiger partial charge in [-0.1, -0.05) is 37.2 Å². The fourth-order valence-corrected chi connectivity index (χ4v) is 6.16. The van der Waals surface area contributed by atoms with E-state index in [0.29, 0.717) is 56.9 Å². The number of carbonyl (C=O) groups excluding carboxylic acids is 2. The van der Waals surface area contributed by atoms with Crippen LogP contribution >= 0.6 is 11.3 Å². The van der Waals surface area contributed by atoms with Crippen LogP contribution in [0.5, 0.6) is 11.5 Å². The van der Waals surface area contributed by atoms with E-state index in [2.05, 4.69) is 11.9 Å². The highest BCUT2D eigenvalue weighted by molar-refractivity contribution is 7.17. The predicted molar refractivity (Wildman–Crippen MR) is 160 cm³/mol. The first-order valence-electron chi connectivity index (χ1n) is 14.0. The number of hydrogen-bond acceptors (Lipinski definition) is 8. The summed E-state index contributed by atoms with van der Waals surface area (Å²) in [6.45, 7) is 12.1. The van der Waals surface area contributed by atoms with Gasteiger partial charge < -0.3 is 13.9 Å². The number of aryl methyl sites for hydroxylation is 3. The molecule has 0 saturated carbocycles. The number of carbonyl (C=O) groups is 2. The number of amides is 1. The smallest absolute Gasteiger partial charge is 0.297 e. The zero-order chi connectivity index (χ0) is 29.4. The van der Waals surface area contributed by atoms with E-state index < -0.39 is 11.9 Å². The predicted octanol–water partition coefficient (Wildman–Crippen LogP) is 7.09. The summed E-state index contributed by atoms with van der Waals surface area (Å²) in [6.07, 6.45) is 3.08. The van der Waals surface area contributed by atoms with Crippen LogP contribution in [0.25, 0.3) is 11.0 Å². The van der Waals surface area contributed by atoms with Crippen LogP contribution in [0.3, 0.4) is 0 Å². The lowest BCUT2D eigenvalue weighted by molar-refractivity contribution is 0.0969. The zero-order valence-corrected chi connectivity index (χ0v) is 25.1. The number of nitrogens with zero attached hydrogens (tertiary/aromatic N) is 2. The number of Topliss-reactive ketones (excluding diaryl/α,β-unsaturated/α-hetero) is 1. The molecular weight excluding hydrogens is 540 g/mol. The molecule has 214 valence electrons. The van der Waals surface area contributed by atoms with Gasteiger partial charge in [0.15, 0.2) is 27.8 Å². The Labute approximate surface area is 242 Å². The molecule has 3 heterocycles. The van der Waals surface area contributed by atoms with Crippen molar-refractivity contribution < 1.29 is 23.5 Å². The molecule has 1 atom stereocenters. The average Bonchev–Trinajstić information content (AvgIpc) is 3.46. The summed E-state index contributed by atoms with van der Waals surface area (Å²) < 4.78 is 18.1. The van der Waals surface area contributed by atoms with Gasteiger partial charge in [0.25, 0.3) is 5.91 Å². The molecule has 41 heavy (non-hydrogen) atoms. The second-order valence-corrected chi connectivity index (χ2v) is 11.3. The quantitative estimate of drug-likeness (QED) is 0.147. The third-order valence-electron chi connectivity index (χ3n) is 7.39. The van der Waals surface area contributed by atoms with E-state index in [-0.39, 0.29) is 22.5 Å². The highest BCUT2D eigenvalue weighted by atomic mass is 32.1. The van der Waals surface area contributed by atoms with Gasteiger partial charge in [0.2, 0.25) is 5.76 Å². The van der Waals surface area contributed by atoms with Gasteiger partial charge in [-0.3, -0.25) is 19.3 Å². The molecule has 0 spiro atoms. The Morgan fingerprint density at radius 3 is 2.46 bits per heavy atom. The van der Waals surface area contributed by atoms with Crippen LogP contribution in [0.1, 0.15) is 94.2 Å². The van der Waals surface area contributed by atoms with Gasteiger partial charge in [0, 0.05) is 6.92 Å².